The van der Waals surface area contributed by atoms with Crippen LogP contribution in [0, 0.1) is 0 Å². The lowest BCUT2D eigenvalue weighted by atomic mass is 10.1. The van der Waals surface area contributed by atoms with Gasteiger partial charge in [-0.3, -0.25) is 4.79 Å². The first-order valence-corrected chi connectivity index (χ1v) is 6.66. The predicted molar refractivity (Wildman–Crippen MR) is 71.8 cm³/mol. The molecule has 0 radical (unpaired) electrons. The lowest BCUT2D eigenvalue weighted by molar-refractivity contribution is -0.137. The van der Waals surface area contributed by atoms with Crippen LogP contribution in [0.25, 0.3) is 0 Å². The van der Waals surface area contributed by atoms with E-state index in [0.717, 1.165) is 0 Å². The predicted octanol–water partition coefficient (Wildman–Crippen LogP) is 0.473. The number of aliphatic hydroxyl groups is 1. The molecule has 0 aromatic carbocycles. The second kappa shape index (κ2) is 6.34. The Bertz CT molecular complexity index is 552. The van der Waals surface area contributed by atoms with Crippen molar-refractivity contribution in [1.82, 2.24) is 14.9 Å². The molecule has 1 unspecified atom stereocenters. The lowest BCUT2D eigenvalue weighted by Crippen LogP contribution is -2.46. The largest absolute Gasteiger partial charge is 0.421 e. The van der Waals surface area contributed by atoms with E-state index >= 15 is 0 Å². The molecule has 1 atom stereocenters. The van der Waals surface area contributed by atoms with Crippen LogP contribution in [-0.2, 0) is 11.0 Å². The molecule has 1 fully saturated rings. The van der Waals surface area contributed by atoms with Gasteiger partial charge in [0.05, 0.1) is 0 Å². The van der Waals surface area contributed by atoms with E-state index in [-0.39, 0.29) is 17.9 Å². The van der Waals surface area contributed by atoms with E-state index in [1.165, 1.54) is 4.90 Å². The van der Waals surface area contributed by atoms with Gasteiger partial charge >= 0.3 is 6.18 Å². The monoisotopic (exact) mass is 319 g/mol. The Hall–Kier alpha value is -2.10. The summed E-state index contributed by atoms with van der Waals surface area (Å²) in [6.07, 6.45) is -2.55. The molecule has 4 N–H and O–H groups in total. The van der Waals surface area contributed by atoms with E-state index in [1.807, 2.05) is 0 Å². The molecular formula is C12H16F3N5O2. The molecule has 7 nitrogen and oxygen atoms in total. The van der Waals surface area contributed by atoms with E-state index in [4.69, 9.17) is 10.8 Å². The van der Waals surface area contributed by atoms with Crippen molar-refractivity contribution < 1.29 is 23.1 Å². The minimum Gasteiger partial charge on any atom is -0.387 e. The highest BCUT2D eigenvalue weighted by atomic mass is 19.4. The van der Waals surface area contributed by atoms with Gasteiger partial charge in [0.1, 0.15) is 18.0 Å². The van der Waals surface area contributed by atoms with Crippen LogP contribution < -0.4 is 11.1 Å². The molecule has 1 aromatic heterocycles. The van der Waals surface area contributed by atoms with Crippen LogP contribution in [-0.4, -0.2) is 51.6 Å². The Kier molecular flexibility index (Phi) is 4.69. The van der Waals surface area contributed by atoms with Crippen molar-refractivity contribution in [3.8, 4) is 0 Å². The zero-order chi connectivity index (χ0) is 16.3. The van der Waals surface area contributed by atoms with Gasteiger partial charge in [0.25, 0.3) is 0 Å². The molecular weight excluding hydrogens is 303 g/mol. The number of aromatic nitrogens is 2. The van der Waals surface area contributed by atoms with Gasteiger partial charge in [0, 0.05) is 25.3 Å². The zero-order valence-electron chi connectivity index (χ0n) is 11.6. The van der Waals surface area contributed by atoms with Crippen molar-refractivity contribution >= 4 is 17.7 Å². The number of nitrogen functional groups attached to an aromatic ring is 1. The number of rotatable bonds is 3. The molecule has 22 heavy (non-hydrogen) atoms. The van der Waals surface area contributed by atoms with E-state index in [9.17, 15) is 18.0 Å². The van der Waals surface area contributed by atoms with Crippen molar-refractivity contribution in [2.24, 2.45) is 0 Å². The average molecular weight is 319 g/mol. The number of hydrogen-bond donors (Lipinski definition) is 3. The van der Waals surface area contributed by atoms with E-state index in [1.54, 1.807) is 0 Å². The molecule has 122 valence electrons. The highest BCUT2D eigenvalue weighted by Gasteiger charge is 2.34. The van der Waals surface area contributed by atoms with Gasteiger partial charge in [-0.25, -0.2) is 4.98 Å². The normalized spacial score (nSPS) is 19.1. The van der Waals surface area contributed by atoms with Gasteiger partial charge in [-0.05, 0) is 12.8 Å². The van der Waals surface area contributed by atoms with Crippen LogP contribution in [0.15, 0.2) is 6.20 Å². The van der Waals surface area contributed by atoms with Crippen molar-refractivity contribution in [3.05, 3.63) is 11.8 Å². The van der Waals surface area contributed by atoms with Crippen molar-refractivity contribution in [2.75, 3.05) is 30.7 Å². The average Bonchev–Trinajstić information content (AvgIpc) is 2.45. The van der Waals surface area contributed by atoms with Crippen molar-refractivity contribution in [2.45, 2.75) is 25.1 Å². The number of amides is 1. The van der Waals surface area contributed by atoms with Gasteiger partial charge in [0.15, 0.2) is 0 Å². The minimum absolute atomic E-state index is 0.0196. The molecule has 2 rings (SSSR count). The molecule has 0 bridgehead atoms. The standard InChI is InChI=1S/C12H16F3N5O2/c13-12(14,15)8-4-17-11(19-10(8)16)18-7-2-1-3-20(5-7)9(22)6-21/h4,7,21H,1-3,5-6H2,(H3,16,17,18,19). The van der Waals surface area contributed by atoms with Gasteiger partial charge in [-0.15, -0.1) is 0 Å². The molecule has 0 spiro atoms. The van der Waals surface area contributed by atoms with E-state index in [0.29, 0.717) is 32.1 Å². The fourth-order valence-corrected chi connectivity index (χ4v) is 2.29. The number of nitrogens with two attached hydrogens (primary N) is 1. The summed E-state index contributed by atoms with van der Waals surface area (Å²) in [5.41, 5.74) is 4.22. The van der Waals surface area contributed by atoms with Crippen LogP contribution in [0.1, 0.15) is 18.4 Å². The molecule has 10 heteroatoms. The fourth-order valence-electron chi connectivity index (χ4n) is 2.29. The molecule has 0 saturated carbocycles. The molecule has 2 heterocycles. The number of aliphatic hydroxyl groups excluding tert-OH is 1. The van der Waals surface area contributed by atoms with E-state index < -0.39 is 24.2 Å². The maximum Gasteiger partial charge on any atom is 0.421 e. The first kappa shape index (κ1) is 16.3. The first-order chi connectivity index (χ1) is 10.3. The first-order valence-electron chi connectivity index (χ1n) is 6.66. The maximum atomic E-state index is 12.6. The van der Waals surface area contributed by atoms with E-state index in [2.05, 4.69) is 15.3 Å². The summed E-state index contributed by atoms with van der Waals surface area (Å²) in [6.45, 7) is 0.285. The summed E-state index contributed by atoms with van der Waals surface area (Å²) in [7, 11) is 0. The Labute approximate surface area is 124 Å². The van der Waals surface area contributed by atoms with Crippen LogP contribution in [0.2, 0.25) is 0 Å². The summed E-state index contributed by atoms with van der Waals surface area (Å²) in [4.78, 5) is 20.1. The second-order valence-electron chi connectivity index (χ2n) is 4.97. The highest BCUT2D eigenvalue weighted by molar-refractivity contribution is 5.77. The number of piperidine rings is 1. The number of nitrogens with one attached hydrogen (secondary N) is 1. The third-order valence-corrected chi connectivity index (χ3v) is 3.37. The number of carbonyl (C=O) groups is 1. The number of alkyl halides is 3. The molecule has 1 aromatic rings. The quantitative estimate of drug-likeness (QED) is 0.748. The Balaban J connectivity index is 2.05. The topological polar surface area (TPSA) is 104 Å². The smallest absolute Gasteiger partial charge is 0.387 e. The number of carbonyl (C=O) groups excluding carboxylic acids is 1. The lowest BCUT2D eigenvalue weighted by Gasteiger charge is -2.32. The molecule has 1 aliphatic rings. The number of likely N-dealkylation sites (tertiary alicyclic amines) is 1. The van der Waals surface area contributed by atoms with Gasteiger partial charge in [-0.1, -0.05) is 0 Å². The summed E-state index contributed by atoms with van der Waals surface area (Å²) in [5.74, 6) is -1.06. The molecule has 1 saturated heterocycles. The molecule has 1 aliphatic heterocycles. The second-order valence-corrected chi connectivity index (χ2v) is 4.97. The van der Waals surface area contributed by atoms with Crippen LogP contribution in [0.5, 0.6) is 0 Å². The van der Waals surface area contributed by atoms with Crippen molar-refractivity contribution in [3.63, 3.8) is 0 Å². The third kappa shape index (κ3) is 3.75. The number of halogens is 3. The van der Waals surface area contributed by atoms with Gasteiger partial charge in [0.2, 0.25) is 11.9 Å². The Morgan fingerprint density at radius 1 is 1.55 bits per heavy atom. The maximum absolute atomic E-state index is 12.6. The highest BCUT2D eigenvalue weighted by Crippen LogP contribution is 2.32. The zero-order valence-corrected chi connectivity index (χ0v) is 11.6. The van der Waals surface area contributed by atoms with Gasteiger partial charge < -0.3 is 21.1 Å². The fraction of sp³-hybridized carbons (Fsp3) is 0.583. The molecule has 1 amide bonds. The SMILES string of the molecule is Nc1nc(NC2CCCN(C(=O)CO)C2)ncc1C(F)(F)F. The molecule has 0 aliphatic carbocycles. The number of nitrogens with zero attached hydrogens (tertiary/aromatic N) is 3. The number of hydrogen-bond acceptors (Lipinski definition) is 6. The van der Waals surface area contributed by atoms with Crippen LogP contribution in [0.4, 0.5) is 24.9 Å². The summed E-state index contributed by atoms with van der Waals surface area (Å²) in [6, 6.07) is -0.208. The summed E-state index contributed by atoms with van der Waals surface area (Å²) in [5, 5.41) is 11.7. The van der Waals surface area contributed by atoms with Gasteiger partial charge in [-0.2, -0.15) is 18.2 Å². The van der Waals surface area contributed by atoms with Crippen LogP contribution >= 0.6 is 0 Å². The Morgan fingerprint density at radius 3 is 2.86 bits per heavy atom. The van der Waals surface area contributed by atoms with Crippen molar-refractivity contribution in [1.29, 1.82) is 0 Å². The summed E-state index contributed by atoms with van der Waals surface area (Å²) < 4.78 is 37.7. The van der Waals surface area contributed by atoms with Crippen LogP contribution in [0.3, 0.4) is 0 Å². The summed E-state index contributed by atoms with van der Waals surface area (Å²) >= 11 is 0. The third-order valence-electron chi connectivity index (χ3n) is 3.37. The Morgan fingerprint density at radius 2 is 2.27 bits per heavy atom. The minimum atomic E-state index is -4.60. The number of anilines is 2.